The smallest absolute Gasteiger partial charge is 0.136 e. The van der Waals surface area contributed by atoms with E-state index in [1.807, 2.05) is 6.92 Å². The van der Waals surface area contributed by atoms with Gasteiger partial charge in [0.25, 0.3) is 0 Å². The van der Waals surface area contributed by atoms with Crippen LogP contribution in [0.1, 0.15) is 43.3 Å². The van der Waals surface area contributed by atoms with Crippen molar-refractivity contribution in [2.24, 2.45) is 0 Å². The van der Waals surface area contributed by atoms with Crippen LogP contribution >= 0.6 is 23.4 Å². The molecule has 0 amide bonds. The van der Waals surface area contributed by atoms with Crippen molar-refractivity contribution >= 4 is 23.4 Å². The van der Waals surface area contributed by atoms with Gasteiger partial charge in [0.1, 0.15) is 16.0 Å². The normalized spacial score (nSPS) is 11.7. The van der Waals surface area contributed by atoms with Crippen molar-refractivity contribution in [3.05, 3.63) is 51.9 Å². The van der Waals surface area contributed by atoms with Crippen molar-refractivity contribution in [2.45, 2.75) is 50.8 Å². The number of hydrogen-bond donors (Lipinski definition) is 0. The van der Waals surface area contributed by atoms with Crippen LogP contribution in [-0.2, 0) is 11.2 Å². The van der Waals surface area contributed by atoms with E-state index in [9.17, 15) is 0 Å². The quantitative estimate of drug-likeness (QED) is 0.564. The number of benzene rings is 1. The van der Waals surface area contributed by atoms with Gasteiger partial charge in [-0.2, -0.15) is 0 Å². The molecule has 0 saturated carbocycles. The number of rotatable bonds is 3. The molecule has 4 heteroatoms. The third kappa shape index (κ3) is 4.21. The lowest BCUT2D eigenvalue weighted by molar-refractivity contribution is 0.537. The Morgan fingerprint density at radius 1 is 1.14 bits per heavy atom. The van der Waals surface area contributed by atoms with Crippen molar-refractivity contribution in [1.29, 1.82) is 0 Å². The molecule has 2 rings (SSSR count). The number of nitrogens with zero attached hydrogens (tertiary/aromatic N) is 2. The maximum Gasteiger partial charge on any atom is 0.136 e. The van der Waals surface area contributed by atoms with Gasteiger partial charge in [-0.05, 0) is 19.4 Å². The highest BCUT2D eigenvalue weighted by Gasteiger charge is 2.20. The van der Waals surface area contributed by atoms with Crippen LogP contribution in [0.25, 0.3) is 0 Å². The number of aryl methyl sites for hydroxylation is 1. The summed E-state index contributed by atoms with van der Waals surface area (Å²) in [7, 11) is 0. The third-order valence-corrected chi connectivity index (χ3v) is 4.69. The molecule has 0 spiro atoms. The monoisotopic (exact) mass is 320 g/mol. The van der Waals surface area contributed by atoms with Gasteiger partial charge in [0.05, 0.1) is 0 Å². The van der Waals surface area contributed by atoms with E-state index in [0.29, 0.717) is 5.15 Å². The molecule has 0 atom stereocenters. The first kappa shape index (κ1) is 16.3. The molecule has 0 aliphatic carbocycles. The van der Waals surface area contributed by atoms with Crippen LogP contribution in [0.2, 0.25) is 5.15 Å². The maximum atomic E-state index is 6.27. The zero-order valence-electron chi connectivity index (χ0n) is 13.2. The summed E-state index contributed by atoms with van der Waals surface area (Å²) in [5.41, 5.74) is 3.44. The molecule has 0 saturated heterocycles. The molecule has 0 radical (unpaired) electrons. The molecule has 0 bridgehead atoms. The van der Waals surface area contributed by atoms with E-state index in [0.717, 1.165) is 22.2 Å². The predicted molar refractivity (Wildman–Crippen MR) is 91.2 cm³/mol. The third-order valence-electron chi connectivity index (χ3n) is 3.17. The standard InChI is InChI=1S/C17H21ClN2S/c1-11-7-6-8-13(9-11)10-21-15-12(2)14(18)19-16(20-15)17(3,4)5/h6-9H,10H2,1-5H3. The van der Waals surface area contributed by atoms with E-state index in [1.165, 1.54) is 11.1 Å². The van der Waals surface area contributed by atoms with Gasteiger partial charge in [-0.1, -0.05) is 62.2 Å². The molecule has 0 aliphatic heterocycles. The van der Waals surface area contributed by atoms with Gasteiger partial charge in [0, 0.05) is 16.7 Å². The number of halogens is 1. The fourth-order valence-electron chi connectivity index (χ4n) is 1.90. The largest absolute Gasteiger partial charge is 0.226 e. The lowest BCUT2D eigenvalue weighted by Gasteiger charge is -2.18. The zero-order valence-corrected chi connectivity index (χ0v) is 14.8. The summed E-state index contributed by atoms with van der Waals surface area (Å²) in [6.45, 7) is 10.4. The van der Waals surface area contributed by atoms with Crippen molar-refractivity contribution in [3.63, 3.8) is 0 Å². The van der Waals surface area contributed by atoms with E-state index >= 15 is 0 Å². The van der Waals surface area contributed by atoms with Crippen LogP contribution in [0.3, 0.4) is 0 Å². The molecular weight excluding hydrogens is 300 g/mol. The van der Waals surface area contributed by atoms with E-state index in [1.54, 1.807) is 11.8 Å². The Bertz CT molecular complexity index is 648. The molecule has 0 unspecified atom stereocenters. The Balaban J connectivity index is 2.25. The van der Waals surface area contributed by atoms with Crippen LogP contribution in [0.5, 0.6) is 0 Å². The Morgan fingerprint density at radius 2 is 1.86 bits per heavy atom. The van der Waals surface area contributed by atoms with Gasteiger partial charge in [-0.25, -0.2) is 9.97 Å². The minimum absolute atomic E-state index is 0.101. The summed E-state index contributed by atoms with van der Waals surface area (Å²) in [4.78, 5) is 9.12. The van der Waals surface area contributed by atoms with Crippen LogP contribution in [0.15, 0.2) is 29.3 Å². The Labute approximate surface area is 136 Å². The molecule has 1 aromatic heterocycles. The summed E-state index contributed by atoms with van der Waals surface area (Å²) < 4.78 is 0. The SMILES string of the molecule is Cc1cccc(CSc2nc(C(C)(C)C)nc(Cl)c2C)c1. The first-order valence-corrected chi connectivity index (χ1v) is 8.36. The van der Waals surface area contributed by atoms with E-state index in [4.69, 9.17) is 16.6 Å². The zero-order chi connectivity index (χ0) is 15.6. The molecule has 0 N–H and O–H groups in total. The molecule has 1 heterocycles. The van der Waals surface area contributed by atoms with Crippen LogP contribution < -0.4 is 0 Å². The maximum absolute atomic E-state index is 6.27. The molecule has 0 aliphatic rings. The van der Waals surface area contributed by atoms with Crippen LogP contribution in [-0.4, -0.2) is 9.97 Å². The second-order valence-electron chi connectivity index (χ2n) is 6.30. The number of thioether (sulfide) groups is 1. The van der Waals surface area contributed by atoms with Gasteiger partial charge >= 0.3 is 0 Å². The highest BCUT2D eigenvalue weighted by Crippen LogP contribution is 2.30. The fraction of sp³-hybridized carbons (Fsp3) is 0.412. The topological polar surface area (TPSA) is 25.8 Å². The molecule has 0 fully saturated rings. The summed E-state index contributed by atoms with van der Waals surface area (Å²) in [5.74, 6) is 1.68. The lowest BCUT2D eigenvalue weighted by Crippen LogP contribution is -2.17. The summed E-state index contributed by atoms with van der Waals surface area (Å²) in [5, 5.41) is 1.53. The van der Waals surface area contributed by atoms with Crippen molar-refractivity contribution < 1.29 is 0 Å². The fourth-order valence-corrected chi connectivity index (χ4v) is 3.07. The van der Waals surface area contributed by atoms with Crippen LogP contribution in [0, 0.1) is 13.8 Å². The van der Waals surface area contributed by atoms with Gasteiger partial charge in [0.15, 0.2) is 0 Å². The molecule has 1 aromatic carbocycles. The number of aromatic nitrogens is 2. The van der Waals surface area contributed by atoms with Gasteiger partial charge in [0.2, 0.25) is 0 Å². The Morgan fingerprint density at radius 3 is 2.48 bits per heavy atom. The highest BCUT2D eigenvalue weighted by molar-refractivity contribution is 7.98. The molecule has 112 valence electrons. The summed E-state index contributed by atoms with van der Waals surface area (Å²) in [6.07, 6.45) is 0. The van der Waals surface area contributed by atoms with Crippen molar-refractivity contribution in [2.75, 3.05) is 0 Å². The summed E-state index contributed by atoms with van der Waals surface area (Å²) >= 11 is 7.99. The van der Waals surface area contributed by atoms with E-state index < -0.39 is 0 Å². The molecule has 2 nitrogen and oxygen atoms in total. The van der Waals surface area contributed by atoms with Crippen LogP contribution in [0.4, 0.5) is 0 Å². The Kier molecular flexibility index (Phi) is 4.95. The molecule has 21 heavy (non-hydrogen) atoms. The summed E-state index contributed by atoms with van der Waals surface area (Å²) in [6, 6.07) is 8.54. The second-order valence-corrected chi connectivity index (χ2v) is 7.62. The predicted octanol–water partition coefficient (Wildman–Crippen LogP) is 5.34. The van der Waals surface area contributed by atoms with Crippen molar-refractivity contribution in [1.82, 2.24) is 9.97 Å². The van der Waals surface area contributed by atoms with Crippen molar-refractivity contribution in [3.8, 4) is 0 Å². The van der Waals surface area contributed by atoms with E-state index in [2.05, 4.69) is 56.9 Å². The lowest BCUT2D eigenvalue weighted by atomic mass is 9.96. The average Bonchev–Trinajstić information content (AvgIpc) is 2.39. The van der Waals surface area contributed by atoms with Gasteiger partial charge in [-0.3, -0.25) is 0 Å². The Hall–Kier alpha value is -1.06. The molecular formula is C17H21ClN2S. The first-order valence-electron chi connectivity index (χ1n) is 7.00. The second kappa shape index (κ2) is 6.37. The van der Waals surface area contributed by atoms with Gasteiger partial charge < -0.3 is 0 Å². The minimum Gasteiger partial charge on any atom is -0.226 e. The van der Waals surface area contributed by atoms with E-state index in [-0.39, 0.29) is 5.41 Å². The minimum atomic E-state index is -0.101. The van der Waals surface area contributed by atoms with Gasteiger partial charge in [-0.15, -0.1) is 11.8 Å². The highest BCUT2D eigenvalue weighted by atomic mass is 35.5. The first-order chi connectivity index (χ1) is 9.77. The molecule has 2 aromatic rings. The number of hydrogen-bond acceptors (Lipinski definition) is 3. The average molecular weight is 321 g/mol.